The first-order valence-corrected chi connectivity index (χ1v) is 6.74. The van der Waals surface area contributed by atoms with Crippen LogP contribution in [0, 0.1) is 11.3 Å². The molecule has 21 heavy (non-hydrogen) atoms. The third kappa shape index (κ3) is 2.46. The van der Waals surface area contributed by atoms with E-state index in [4.69, 9.17) is 5.26 Å². The Balaban J connectivity index is 1.86. The van der Waals surface area contributed by atoms with Gasteiger partial charge in [-0.05, 0) is 30.5 Å². The Kier molecular flexibility index (Phi) is 3.32. The summed E-state index contributed by atoms with van der Waals surface area (Å²) >= 11 is 0. The molecule has 106 valence electrons. The fourth-order valence-electron chi connectivity index (χ4n) is 2.66. The summed E-state index contributed by atoms with van der Waals surface area (Å²) in [6.45, 7) is 0.549. The molecule has 2 aromatic rings. The van der Waals surface area contributed by atoms with Gasteiger partial charge in [-0.3, -0.25) is 4.90 Å². The summed E-state index contributed by atoms with van der Waals surface area (Å²) in [4.78, 5) is 20.1. The van der Waals surface area contributed by atoms with Crippen LogP contribution in [0.4, 0.5) is 4.79 Å². The van der Waals surface area contributed by atoms with Crippen LogP contribution in [0.2, 0.25) is 0 Å². The van der Waals surface area contributed by atoms with Crippen LogP contribution >= 0.6 is 0 Å². The predicted octanol–water partition coefficient (Wildman–Crippen LogP) is 2.76. The molecule has 1 saturated heterocycles. The average molecular weight is 282 g/mol. The van der Waals surface area contributed by atoms with E-state index < -0.39 is 6.09 Å². The monoisotopic (exact) mass is 282 g/mol. The lowest BCUT2D eigenvalue weighted by Crippen LogP contribution is -2.29. The number of aromatic nitrogens is 2. The maximum absolute atomic E-state index is 11.2. The number of aromatic amines is 1. The van der Waals surface area contributed by atoms with Crippen LogP contribution in [0.5, 0.6) is 0 Å². The lowest BCUT2D eigenvalue weighted by molar-refractivity contribution is 0.139. The van der Waals surface area contributed by atoms with Gasteiger partial charge in [0.25, 0.3) is 0 Å². The van der Waals surface area contributed by atoms with Gasteiger partial charge in [-0.1, -0.05) is 12.1 Å². The van der Waals surface area contributed by atoms with Crippen molar-refractivity contribution in [3.63, 3.8) is 0 Å². The molecule has 1 aromatic carbocycles. The van der Waals surface area contributed by atoms with Crippen LogP contribution in [0.15, 0.2) is 30.5 Å². The highest BCUT2D eigenvalue weighted by Gasteiger charge is 2.31. The van der Waals surface area contributed by atoms with E-state index in [9.17, 15) is 9.90 Å². The Morgan fingerprint density at radius 2 is 2.19 bits per heavy atom. The van der Waals surface area contributed by atoms with Crippen LogP contribution in [-0.2, 0) is 0 Å². The van der Waals surface area contributed by atoms with E-state index in [1.54, 1.807) is 18.3 Å². The number of carbonyl (C=O) groups is 1. The van der Waals surface area contributed by atoms with E-state index in [2.05, 4.69) is 16.0 Å². The molecule has 0 saturated carbocycles. The molecular formula is C15H14N4O2. The van der Waals surface area contributed by atoms with E-state index in [1.165, 1.54) is 4.90 Å². The second kappa shape index (κ2) is 5.29. The van der Waals surface area contributed by atoms with Gasteiger partial charge in [0.15, 0.2) is 0 Å². The fourth-order valence-corrected chi connectivity index (χ4v) is 2.66. The molecule has 1 aliphatic heterocycles. The molecular weight excluding hydrogens is 268 g/mol. The zero-order valence-corrected chi connectivity index (χ0v) is 11.3. The Hall–Kier alpha value is -2.81. The zero-order valence-electron chi connectivity index (χ0n) is 11.3. The number of amides is 1. The second-order valence-electron chi connectivity index (χ2n) is 5.01. The highest BCUT2D eigenvalue weighted by Crippen LogP contribution is 2.31. The van der Waals surface area contributed by atoms with Crippen LogP contribution in [0.25, 0.3) is 11.3 Å². The largest absolute Gasteiger partial charge is 0.465 e. The standard InChI is InChI=1S/C15H14N4O2/c16-8-10-3-5-11(6-4-10)12-9-17-14(18-12)13-2-1-7-19(13)15(20)21/h3-6,9,13H,1-2,7H2,(H,17,18)(H,20,21)/t13-/m0/s1. The number of hydrogen-bond donors (Lipinski definition) is 2. The van der Waals surface area contributed by atoms with Gasteiger partial charge in [0.1, 0.15) is 5.82 Å². The van der Waals surface area contributed by atoms with Crippen molar-refractivity contribution in [2.24, 2.45) is 0 Å². The Morgan fingerprint density at radius 3 is 2.86 bits per heavy atom. The fraction of sp³-hybridized carbons (Fsp3) is 0.267. The van der Waals surface area contributed by atoms with Gasteiger partial charge >= 0.3 is 6.09 Å². The number of rotatable bonds is 2. The van der Waals surface area contributed by atoms with Crippen molar-refractivity contribution in [3.8, 4) is 17.3 Å². The lowest BCUT2D eigenvalue weighted by atomic mass is 10.1. The topological polar surface area (TPSA) is 93.0 Å². The number of carboxylic acid groups (broad SMARTS) is 1. The molecule has 1 atom stereocenters. The smallest absolute Gasteiger partial charge is 0.407 e. The highest BCUT2D eigenvalue weighted by atomic mass is 16.4. The summed E-state index contributed by atoms with van der Waals surface area (Å²) in [5.41, 5.74) is 2.35. The van der Waals surface area contributed by atoms with Crippen molar-refractivity contribution in [1.82, 2.24) is 14.9 Å². The Bertz CT molecular complexity index is 699. The maximum atomic E-state index is 11.2. The number of hydrogen-bond acceptors (Lipinski definition) is 3. The molecule has 0 unspecified atom stereocenters. The minimum atomic E-state index is -0.908. The van der Waals surface area contributed by atoms with Gasteiger partial charge in [-0.15, -0.1) is 0 Å². The van der Waals surface area contributed by atoms with E-state index in [-0.39, 0.29) is 6.04 Å². The van der Waals surface area contributed by atoms with Gasteiger partial charge in [0, 0.05) is 6.54 Å². The summed E-state index contributed by atoms with van der Waals surface area (Å²) < 4.78 is 0. The average Bonchev–Trinajstić information content (AvgIpc) is 3.16. The number of benzene rings is 1. The number of H-pyrrole nitrogens is 1. The first-order valence-electron chi connectivity index (χ1n) is 6.74. The van der Waals surface area contributed by atoms with Gasteiger partial charge in [-0.25, -0.2) is 9.78 Å². The predicted molar refractivity (Wildman–Crippen MR) is 75.4 cm³/mol. The molecule has 1 aromatic heterocycles. The molecule has 6 heteroatoms. The maximum Gasteiger partial charge on any atom is 0.407 e. The Labute approximate surface area is 121 Å². The van der Waals surface area contributed by atoms with Crippen molar-refractivity contribution in [2.75, 3.05) is 6.54 Å². The summed E-state index contributed by atoms with van der Waals surface area (Å²) in [6.07, 6.45) is 2.43. The van der Waals surface area contributed by atoms with Crippen molar-refractivity contribution in [2.45, 2.75) is 18.9 Å². The van der Waals surface area contributed by atoms with Crippen molar-refractivity contribution < 1.29 is 9.90 Å². The van der Waals surface area contributed by atoms with Crippen LogP contribution in [0.3, 0.4) is 0 Å². The van der Waals surface area contributed by atoms with E-state index >= 15 is 0 Å². The molecule has 1 amide bonds. The molecule has 1 aliphatic rings. The van der Waals surface area contributed by atoms with Gasteiger partial charge < -0.3 is 10.1 Å². The second-order valence-corrected chi connectivity index (χ2v) is 5.01. The minimum Gasteiger partial charge on any atom is -0.465 e. The van der Waals surface area contributed by atoms with Gasteiger partial charge in [-0.2, -0.15) is 5.26 Å². The zero-order chi connectivity index (χ0) is 14.8. The molecule has 3 rings (SSSR count). The third-order valence-corrected chi connectivity index (χ3v) is 3.73. The van der Waals surface area contributed by atoms with Crippen molar-refractivity contribution in [1.29, 1.82) is 5.26 Å². The summed E-state index contributed by atoms with van der Waals surface area (Å²) in [6, 6.07) is 9.06. The summed E-state index contributed by atoms with van der Waals surface area (Å²) in [5, 5.41) is 18.0. The molecule has 2 N–H and O–H groups in total. The molecule has 6 nitrogen and oxygen atoms in total. The van der Waals surface area contributed by atoms with Gasteiger partial charge in [0.05, 0.1) is 29.6 Å². The first kappa shape index (κ1) is 13.2. The SMILES string of the molecule is N#Cc1ccc(-c2cnc([C@@H]3CCCN3C(=O)O)[nH]2)cc1. The minimum absolute atomic E-state index is 0.199. The van der Waals surface area contributed by atoms with E-state index in [0.717, 1.165) is 24.1 Å². The van der Waals surface area contributed by atoms with E-state index in [1.807, 2.05) is 12.1 Å². The third-order valence-electron chi connectivity index (χ3n) is 3.73. The summed E-state index contributed by atoms with van der Waals surface area (Å²) in [5.74, 6) is 0.675. The number of imidazole rings is 1. The molecule has 1 fully saturated rings. The van der Waals surface area contributed by atoms with E-state index in [0.29, 0.717) is 17.9 Å². The molecule has 0 bridgehead atoms. The number of nitrogens with zero attached hydrogens (tertiary/aromatic N) is 3. The molecule has 0 radical (unpaired) electrons. The van der Waals surface area contributed by atoms with Gasteiger partial charge in [0.2, 0.25) is 0 Å². The highest BCUT2D eigenvalue weighted by molar-refractivity contribution is 5.66. The van der Waals surface area contributed by atoms with Crippen LogP contribution in [-0.4, -0.2) is 32.6 Å². The summed E-state index contributed by atoms with van der Waals surface area (Å²) in [7, 11) is 0. The van der Waals surface area contributed by atoms with Crippen molar-refractivity contribution >= 4 is 6.09 Å². The number of likely N-dealkylation sites (tertiary alicyclic amines) is 1. The lowest BCUT2D eigenvalue weighted by Gasteiger charge is -2.19. The quantitative estimate of drug-likeness (QED) is 0.885. The van der Waals surface area contributed by atoms with Crippen LogP contribution in [0.1, 0.15) is 30.3 Å². The first-order chi connectivity index (χ1) is 10.2. The number of nitriles is 1. The molecule has 2 heterocycles. The molecule has 0 aliphatic carbocycles. The number of nitrogens with one attached hydrogen (secondary N) is 1. The molecule has 0 spiro atoms. The normalized spacial score (nSPS) is 17.7. The Morgan fingerprint density at radius 1 is 1.43 bits per heavy atom. The van der Waals surface area contributed by atoms with Crippen molar-refractivity contribution in [3.05, 3.63) is 41.9 Å². The van der Waals surface area contributed by atoms with Crippen LogP contribution < -0.4 is 0 Å².